The van der Waals surface area contributed by atoms with Gasteiger partial charge in [-0.2, -0.15) is 0 Å². The second-order valence-corrected chi connectivity index (χ2v) is 9.35. The summed E-state index contributed by atoms with van der Waals surface area (Å²) in [5.74, 6) is 0.297. The maximum absolute atomic E-state index is 13.3. The Labute approximate surface area is 182 Å². The molecule has 6 nitrogen and oxygen atoms in total. The molecular weight excluding hydrogens is 412 g/mol. The second kappa shape index (κ2) is 8.81. The molecule has 3 aromatic carbocycles. The lowest BCUT2D eigenvalue weighted by Gasteiger charge is -2.31. The molecule has 0 radical (unpaired) electrons. The number of hydrogen-bond acceptors (Lipinski definition) is 4. The van der Waals surface area contributed by atoms with Crippen molar-refractivity contribution in [3.8, 4) is 5.75 Å². The van der Waals surface area contributed by atoms with Crippen LogP contribution in [0.4, 0.5) is 11.4 Å². The zero-order valence-corrected chi connectivity index (χ0v) is 18.1. The van der Waals surface area contributed by atoms with Crippen LogP contribution in [0.25, 0.3) is 0 Å². The first kappa shape index (κ1) is 20.9. The van der Waals surface area contributed by atoms with Crippen molar-refractivity contribution < 1.29 is 17.9 Å². The summed E-state index contributed by atoms with van der Waals surface area (Å²) in [6, 6.07) is 21.3. The zero-order valence-electron chi connectivity index (χ0n) is 17.2. The number of nitrogens with zero attached hydrogens (tertiary/aromatic N) is 1. The molecule has 0 saturated carbocycles. The van der Waals surface area contributed by atoms with Gasteiger partial charge in [0.05, 0.1) is 10.6 Å². The molecule has 0 aromatic heterocycles. The van der Waals surface area contributed by atoms with Crippen molar-refractivity contribution >= 4 is 27.3 Å². The van der Waals surface area contributed by atoms with Crippen molar-refractivity contribution in [2.75, 3.05) is 22.8 Å². The Hall–Kier alpha value is -3.32. The molecule has 1 aliphatic rings. The minimum atomic E-state index is -3.69. The van der Waals surface area contributed by atoms with Crippen molar-refractivity contribution in [1.29, 1.82) is 0 Å². The Kier molecular flexibility index (Phi) is 5.95. The first-order chi connectivity index (χ1) is 14.9. The van der Waals surface area contributed by atoms with E-state index in [1.165, 1.54) is 4.31 Å². The fourth-order valence-corrected chi connectivity index (χ4v) is 5.10. The first-order valence-corrected chi connectivity index (χ1v) is 11.6. The highest BCUT2D eigenvalue weighted by Gasteiger charge is 2.29. The lowest BCUT2D eigenvalue weighted by Crippen LogP contribution is -2.35. The van der Waals surface area contributed by atoms with Gasteiger partial charge < -0.3 is 10.1 Å². The fourth-order valence-electron chi connectivity index (χ4n) is 3.57. The SMILES string of the molecule is Cc1ccc(S(=O)(=O)N2CCCc3ccc(NC(=O)COc4ccccc4)cc32)cc1. The summed E-state index contributed by atoms with van der Waals surface area (Å²) in [7, 11) is -3.69. The summed E-state index contributed by atoms with van der Waals surface area (Å²) in [6.07, 6.45) is 1.54. The van der Waals surface area contributed by atoms with Crippen molar-refractivity contribution in [3.05, 3.63) is 83.9 Å². The first-order valence-electron chi connectivity index (χ1n) is 10.1. The number of rotatable bonds is 6. The van der Waals surface area contributed by atoms with E-state index in [1.807, 2.05) is 31.2 Å². The van der Waals surface area contributed by atoms with E-state index in [0.29, 0.717) is 23.7 Å². The van der Waals surface area contributed by atoms with Crippen LogP contribution in [0.3, 0.4) is 0 Å². The van der Waals surface area contributed by atoms with Crippen molar-refractivity contribution in [1.82, 2.24) is 0 Å². The summed E-state index contributed by atoms with van der Waals surface area (Å²) in [4.78, 5) is 12.6. The predicted octanol–water partition coefficient (Wildman–Crippen LogP) is 4.15. The van der Waals surface area contributed by atoms with Gasteiger partial charge in [-0.05, 0) is 61.7 Å². The van der Waals surface area contributed by atoms with E-state index < -0.39 is 10.0 Å². The van der Waals surface area contributed by atoms with Crippen molar-refractivity contribution in [3.63, 3.8) is 0 Å². The highest BCUT2D eigenvalue weighted by Crippen LogP contribution is 2.34. The van der Waals surface area contributed by atoms with Crippen LogP contribution in [0.1, 0.15) is 17.5 Å². The van der Waals surface area contributed by atoms with Crippen LogP contribution in [0.2, 0.25) is 0 Å². The number of amides is 1. The van der Waals surface area contributed by atoms with E-state index in [1.54, 1.807) is 48.5 Å². The maximum atomic E-state index is 13.3. The lowest BCUT2D eigenvalue weighted by atomic mass is 10.0. The minimum Gasteiger partial charge on any atom is -0.484 e. The number of anilines is 2. The van der Waals surface area contributed by atoms with Gasteiger partial charge in [0.1, 0.15) is 5.75 Å². The topological polar surface area (TPSA) is 75.7 Å². The molecule has 0 aliphatic carbocycles. The smallest absolute Gasteiger partial charge is 0.264 e. The third kappa shape index (κ3) is 4.72. The number of nitrogens with one attached hydrogen (secondary N) is 1. The van der Waals surface area contributed by atoms with Crippen LogP contribution >= 0.6 is 0 Å². The van der Waals surface area contributed by atoms with Gasteiger partial charge >= 0.3 is 0 Å². The molecule has 7 heteroatoms. The highest BCUT2D eigenvalue weighted by atomic mass is 32.2. The largest absolute Gasteiger partial charge is 0.484 e. The van der Waals surface area contributed by atoms with Gasteiger partial charge in [0.2, 0.25) is 0 Å². The van der Waals surface area contributed by atoms with E-state index in [4.69, 9.17) is 4.74 Å². The molecule has 4 rings (SSSR count). The molecule has 160 valence electrons. The maximum Gasteiger partial charge on any atom is 0.264 e. The number of para-hydroxylation sites is 1. The molecule has 0 unspecified atom stereocenters. The average molecular weight is 437 g/mol. The quantitative estimate of drug-likeness (QED) is 0.630. The van der Waals surface area contributed by atoms with Crippen LogP contribution in [0, 0.1) is 6.92 Å². The summed E-state index contributed by atoms with van der Waals surface area (Å²) in [5.41, 5.74) is 3.08. The molecule has 0 saturated heterocycles. The number of sulfonamides is 1. The third-order valence-electron chi connectivity index (χ3n) is 5.17. The minimum absolute atomic E-state index is 0.132. The van der Waals surface area contributed by atoms with Crippen LogP contribution in [-0.2, 0) is 21.2 Å². The van der Waals surface area contributed by atoms with Crippen molar-refractivity contribution in [2.24, 2.45) is 0 Å². The number of carbonyl (C=O) groups is 1. The summed E-state index contributed by atoms with van der Waals surface area (Å²) in [6.45, 7) is 2.19. The molecule has 0 spiro atoms. The van der Waals surface area contributed by atoms with Crippen molar-refractivity contribution in [2.45, 2.75) is 24.7 Å². The molecule has 0 atom stereocenters. The van der Waals surface area contributed by atoms with E-state index in [-0.39, 0.29) is 17.4 Å². The van der Waals surface area contributed by atoms with Gasteiger partial charge in [0, 0.05) is 12.2 Å². The van der Waals surface area contributed by atoms with Gasteiger partial charge in [-0.3, -0.25) is 9.10 Å². The number of fused-ring (bicyclic) bond motifs is 1. The van der Waals surface area contributed by atoms with Gasteiger partial charge in [0.25, 0.3) is 15.9 Å². The monoisotopic (exact) mass is 436 g/mol. The number of aryl methyl sites for hydroxylation is 2. The van der Waals surface area contributed by atoms with Gasteiger partial charge in [0.15, 0.2) is 6.61 Å². The molecule has 0 fully saturated rings. The van der Waals surface area contributed by atoms with Gasteiger partial charge in [-0.25, -0.2) is 8.42 Å². The molecule has 1 aliphatic heterocycles. The van der Waals surface area contributed by atoms with Gasteiger partial charge in [-0.1, -0.05) is 42.0 Å². The molecule has 31 heavy (non-hydrogen) atoms. The number of hydrogen-bond donors (Lipinski definition) is 1. The zero-order chi connectivity index (χ0) is 21.8. The Morgan fingerprint density at radius 1 is 1.03 bits per heavy atom. The number of ether oxygens (including phenoxy) is 1. The van der Waals surface area contributed by atoms with Crippen LogP contribution in [0.5, 0.6) is 5.75 Å². The molecule has 1 amide bonds. The molecule has 1 heterocycles. The Morgan fingerprint density at radius 3 is 2.52 bits per heavy atom. The second-order valence-electron chi connectivity index (χ2n) is 7.49. The number of carbonyl (C=O) groups excluding carboxylic acids is 1. The normalized spacial score (nSPS) is 13.4. The van der Waals surface area contributed by atoms with E-state index in [0.717, 1.165) is 24.0 Å². The Morgan fingerprint density at radius 2 is 1.77 bits per heavy atom. The highest BCUT2D eigenvalue weighted by molar-refractivity contribution is 7.92. The van der Waals surface area contributed by atoms with E-state index in [9.17, 15) is 13.2 Å². The molecule has 3 aromatic rings. The standard InChI is InChI=1S/C24H24N2O4S/c1-18-9-13-22(14-10-18)31(28,29)26-15-5-6-19-11-12-20(16-23(19)26)25-24(27)17-30-21-7-3-2-4-8-21/h2-4,7-14,16H,5-6,15,17H2,1H3,(H,25,27). The van der Waals surface area contributed by atoms with Crippen LogP contribution in [-0.4, -0.2) is 27.5 Å². The van der Waals surface area contributed by atoms with E-state index >= 15 is 0 Å². The average Bonchev–Trinajstić information content (AvgIpc) is 2.78. The van der Waals surface area contributed by atoms with Crippen LogP contribution < -0.4 is 14.4 Å². The molecule has 1 N–H and O–H groups in total. The summed E-state index contributed by atoms with van der Waals surface area (Å²) in [5, 5.41) is 2.80. The molecule has 0 bridgehead atoms. The lowest BCUT2D eigenvalue weighted by molar-refractivity contribution is -0.118. The third-order valence-corrected chi connectivity index (χ3v) is 6.99. The number of benzene rings is 3. The van der Waals surface area contributed by atoms with Gasteiger partial charge in [-0.15, -0.1) is 0 Å². The molecular formula is C24H24N2O4S. The summed E-state index contributed by atoms with van der Waals surface area (Å²) < 4.78 is 33.5. The Balaban J connectivity index is 1.53. The van der Waals surface area contributed by atoms with Crippen LogP contribution in [0.15, 0.2) is 77.7 Å². The predicted molar refractivity (Wildman–Crippen MR) is 121 cm³/mol. The van der Waals surface area contributed by atoms with E-state index in [2.05, 4.69) is 5.32 Å². The summed E-state index contributed by atoms with van der Waals surface area (Å²) >= 11 is 0. The Bertz CT molecular complexity index is 1180. The fraction of sp³-hybridized carbons (Fsp3) is 0.208.